The van der Waals surface area contributed by atoms with E-state index in [9.17, 15) is 4.39 Å². The Kier molecular flexibility index (Phi) is 4.44. The molecule has 0 heterocycles. The van der Waals surface area contributed by atoms with Crippen molar-refractivity contribution >= 4 is 11.8 Å². The van der Waals surface area contributed by atoms with Crippen molar-refractivity contribution in [2.75, 3.05) is 0 Å². The van der Waals surface area contributed by atoms with Gasteiger partial charge in [0.05, 0.1) is 0 Å². The molecule has 1 nitrogen and oxygen atoms in total. The Morgan fingerprint density at radius 1 is 1.11 bits per heavy atom. The van der Waals surface area contributed by atoms with Gasteiger partial charge in [-0.3, -0.25) is 0 Å². The van der Waals surface area contributed by atoms with Crippen molar-refractivity contribution in [1.82, 2.24) is 5.32 Å². The highest BCUT2D eigenvalue weighted by atomic mass is 32.2. The maximum atomic E-state index is 14.1. The normalized spacial score (nSPS) is 20.7. The summed E-state index contributed by atoms with van der Waals surface area (Å²) in [5, 5.41) is 4.05. The lowest BCUT2D eigenvalue weighted by Crippen LogP contribution is -2.15. The summed E-state index contributed by atoms with van der Waals surface area (Å²) < 4.78 is 14.1. The molecular formula is C16H22FNS. The molecule has 1 aromatic carbocycles. The van der Waals surface area contributed by atoms with Crippen molar-refractivity contribution in [2.45, 2.75) is 67.7 Å². The summed E-state index contributed by atoms with van der Waals surface area (Å²) in [7, 11) is 0. The zero-order valence-electron chi connectivity index (χ0n) is 11.3. The second kappa shape index (κ2) is 6.27. The number of halogens is 1. The van der Waals surface area contributed by atoms with E-state index in [1.165, 1.54) is 44.9 Å². The second-order valence-corrected chi connectivity index (χ2v) is 7.14. The average molecular weight is 279 g/mol. The van der Waals surface area contributed by atoms with Crippen LogP contribution in [0.5, 0.6) is 0 Å². The molecular weight excluding hydrogens is 257 g/mol. The molecule has 1 N–H and O–H groups in total. The third-order valence-corrected chi connectivity index (χ3v) is 5.40. The molecule has 2 fully saturated rings. The van der Waals surface area contributed by atoms with Gasteiger partial charge in [-0.2, -0.15) is 0 Å². The van der Waals surface area contributed by atoms with E-state index in [-0.39, 0.29) is 5.82 Å². The molecule has 2 aliphatic rings. The Hall–Kier alpha value is -0.540. The largest absolute Gasteiger partial charge is 0.310 e. The third-order valence-electron chi connectivity index (χ3n) is 4.01. The standard InChI is InChI=1S/C16H22FNS/c17-15-10-12(11-18-13-7-8-13)6-9-16(15)19-14-4-2-1-3-5-14/h6,9-10,13-14,18H,1-5,7-8,11H2. The van der Waals surface area contributed by atoms with Gasteiger partial charge in [0.1, 0.15) is 5.82 Å². The predicted octanol–water partition coefficient (Wildman–Crippen LogP) is 4.50. The minimum Gasteiger partial charge on any atom is -0.310 e. The molecule has 1 aromatic rings. The Balaban J connectivity index is 1.58. The van der Waals surface area contributed by atoms with Crippen LogP contribution in [0.25, 0.3) is 0 Å². The topological polar surface area (TPSA) is 12.0 Å². The lowest BCUT2D eigenvalue weighted by atomic mass is 10.0. The highest BCUT2D eigenvalue weighted by Gasteiger charge is 2.20. The van der Waals surface area contributed by atoms with Crippen molar-refractivity contribution in [3.63, 3.8) is 0 Å². The first kappa shape index (κ1) is 13.4. The predicted molar refractivity (Wildman–Crippen MR) is 79.0 cm³/mol. The van der Waals surface area contributed by atoms with Crippen molar-refractivity contribution < 1.29 is 4.39 Å². The van der Waals surface area contributed by atoms with E-state index in [1.54, 1.807) is 17.8 Å². The summed E-state index contributed by atoms with van der Waals surface area (Å²) in [6.45, 7) is 0.802. The quantitative estimate of drug-likeness (QED) is 0.851. The van der Waals surface area contributed by atoms with Crippen LogP contribution in [-0.2, 0) is 6.54 Å². The molecule has 0 spiro atoms. The molecule has 0 unspecified atom stereocenters. The first-order valence-corrected chi connectivity index (χ1v) is 8.38. The maximum Gasteiger partial charge on any atom is 0.137 e. The van der Waals surface area contributed by atoms with Crippen molar-refractivity contribution in [3.8, 4) is 0 Å². The smallest absolute Gasteiger partial charge is 0.137 e. The minimum absolute atomic E-state index is 0.0364. The van der Waals surface area contributed by atoms with Gasteiger partial charge in [-0.1, -0.05) is 25.3 Å². The monoisotopic (exact) mass is 279 g/mol. The fourth-order valence-electron chi connectivity index (χ4n) is 2.66. The molecule has 0 radical (unpaired) electrons. The molecule has 3 heteroatoms. The highest BCUT2D eigenvalue weighted by Crippen LogP contribution is 2.35. The second-order valence-electron chi connectivity index (χ2n) is 5.80. The molecule has 3 rings (SSSR count). The fourth-order valence-corrected chi connectivity index (χ4v) is 3.91. The van der Waals surface area contributed by atoms with Gasteiger partial charge in [-0.15, -0.1) is 11.8 Å². The average Bonchev–Trinajstić information content (AvgIpc) is 3.25. The fraction of sp³-hybridized carbons (Fsp3) is 0.625. The Morgan fingerprint density at radius 3 is 2.58 bits per heavy atom. The molecule has 104 valence electrons. The van der Waals surface area contributed by atoms with Crippen LogP contribution in [0.2, 0.25) is 0 Å². The lowest BCUT2D eigenvalue weighted by Gasteiger charge is -2.21. The summed E-state index contributed by atoms with van der Waals surface area (Å²) >= 11 is 1.74. The molecule has 0 aromatic heterocycles. The maximum absolute atomic E-state index is 14.1. The van der Waals surface area contributed by atoms with Gasteiger partial charge in [0.2, 0.25) is 0 Å². The first-order chi connectivity index (χ1) is 9.31. The number of thioether (sulfide) groups is 1. The van der Waals surface area contributed by atoms with Gasteiger partial charge in [0.15, 0.2) is 0 Å². The molecule has 19 heavy (non-hydrogen) atoms. The number of hydrogen-bond donors (Lipinski definition) is 1. The van der Waals surface area contributed by atoms with Crippen LogP contribution >= 0.6 is 11.8 Å². The van der Waals surface area contributed by atoms with Crippen molar-refractivity contribution in [1.29, 1.82) is 0 Å². The number of hydrogen-bond acceptors (Lipinski definition) is 2. The van der Waals surface area contributed by atoms with Crippen LogP contribution in [0.1, 0.15) is 50.5 Å². The van der Waals surface area contributed by atoms with Crippen LogP contribution in [0.15, 0.2) is 23.1 Å². The van der Waals surface area contributed by atoms with Gasteiger partial charge in [0.25, 0.3) is 0 Å². The van der Waals surface area contributed by atoms with Gasteiger partial charge in [-0.25, -0.2) is 4.39 Å². The van der Waals surface area contributed by atoms with Gasteiger partial charge in [-0.05, 0) is 43.4 Å². The number of nitrogens with one attached hydrogen (secondary N) is 1. The van der Waals surface area contributed by atoms with E-state index < -0.39 is 0 Å². The molecule has 0 atom stereocenters. The van der Waals surface area contributed by atoms with E-state index in [0.717, 1.165) is 17.0 Å². The van der Waals surface area contributed by atoms with Crippen LogP contribution in [-0.4, -0.2) is 11.3 Å². The van der Waals surface area contributed by atoms with Crippen molar-refractivity contribution in [2.24, 2.45) is 0 Å². The van der Waals surface area contributed by atoms with Gasteiger partial charge >= 0.3 is 0 Å². The summed E-state index contributed by atoms with van der Waals surface area (Å²) in [5.74, 6) is -0.0364. The molecule has 0 bridgehead atoms. The molecule has 2 aliphatic carbocycles. The molecule has 0 aliphatic heterocycles. The Labute approximate surface area is 119 Å². The van der Waals surface area contributed by atoms with Crippen LogP contribution < -0.4 is 5.32 Å². The number of rotatable bonds is 5. The summed E-state index contributed by atoms with van der Waals surface area (Å²) in [5.41, 5.74) is 1.07. The van der Waals surface area contributed by atoms with Crippen molar-refractivity contribution in [3.05, 3.63) is 29.6 Å². The summed E-state index contributed by atoms with van der Waals surface area (Å²) in [4.78, 5) is 0.835. The van der Waals surface area contributed by atoms with E-state index in [4.69, 9.17) is 0 Å². The van der Waals surface area contributed by atoms with E-state index in [0.29, 0.717) is 11.3 Å². The zero-order chi connectivity index (χ0) is 13.1. The summed E-state index contributed by atoms with van der Waals surface area (Å²) in [6.07, 6.45) is 9.01. The van der Waals surface area contributed by atoms with Crippen LogP contribution in [0.3, 0.4) is 0 Å². The van der Waals surface area contributed by atoms with E-state index in [1.807, 2.05) is 6.07 Å². The molecule has 2 saturated carbocycles. The van der Waals surface area contributed by atoms with Gasteiger partial charge < -0.3 is 5.32 Å². The Morgan fingerprint density at radius 2 is 1.89 bits per heavy atom. The third kappa shape index (κ3) is 3.96. The first-order valence-electron chi connectivity index (χ1n) is 7.50. The summed E-state index contributed by atoms with van der Waals surface area (Å²) in [6, 6.07) is 6.43. The van der Waals surface area contributed by atoms with Crippen LogP contribution in [0, 0.1) is 5.82 Å². The lowest BCUT2D eigenvalue weighted by molar-refractivity contribution is 0.514. The molecule has 0 amide bonds. The SMILES string of the molecule is Fc1cc(CNC2CC2)ccc1SC1CCCCC1. The molecule has 0 saturated heterocycles. The van der Waals surface area contributed by atoms with E-state index in [2.05, 4.69) is 11.4 Å². The Bertz CT molecular complexity index is 425. The number of benzene rings is 1. The zero-order valence-corrected chi connectivity index (χ0v) is 12.1. The van der Waals surface area contributed by atoms with Crippen LogP contribution in [0.4, 0.5) is 4.39 Å². The van der Waals surface area contributed by atoms with E-state index >= 15 is 0 Å². The minimum atomic E-state index is -0.0364. The van der Waals surface area contributed by atoms with Gasteiger partial charge in [0, 0.05) is 22.7 Å². The highest BCUT2D eigenvalue weighted by molar-refractivity contribution is 8.00.